The summed E-state index contributed by atoms with van der Waals surface area (Å²) >= 11 is 0. The Morgan fingerprint density at radius 3 is 2.80 bits per heavy atom. The minimum Gasteiger partial charge on any atom is -0.384 e. The van der Waals surface area contributed by atoms with Crippen LogP contribution in [-0.4, -0.2) is 27.6 Å². The Balaban J connectivity index is 2.31. The van der Waals surface area contributed by atoms with Crippen LogP contribution in [0.5, 0.6) is 0 Å². The molecule has 0 fully saturated rings. The monoisotopic (exact) mass is 267 g/mol. The normalized spacial score (nSPS) is 9.50. The van der Waals surface area contributed by atoms with Gasteiger partial charge in [-0.3, -0.25) is 10.1 Å². The lowest BCUT2D eigenvalue weighted by atomic mass is 10.0. The average molecular weight is 267 g/mol. The van der Waals surface area contributed by atoms with Gasteiger partial charge in [0.1, 0.15) is 6.61 Å². The van der Waals surface area contributed by atoms with Crippen LogP contribution in [0.4, 0.5) is 5.95 Å². The fourth-order valence-corrected chi connectivity index (χ4v) is 1.62. The Bertz CT molecular complexity index is 673. The van der Waals surface area contributed by atoms with Crippen molar-refractivity contribution in [2.45, 2.75) is 6.92 Å². The smallest absolute Gasteiger partial charge is 0.259 e. The molecule has 0 bridgehead atoms. The number of amides is 1. The van der Waals surface area contributed by atoms with Gasteiger partial charge < -0.3 is 5.11 Å². The maximum absolute atomic E-state index is 12.2. The lowest BCUT2D eigenvalue weighted by Crippen LogP contribution is -2.15. The Morgan fingerprint density at radius 2 is 2.10 bits per heavy atom. The minimum atomic E-state index is -0.331. The number of nitrogens with zero attached hydrogens (tertiary/aromatic N) is 2. The molecule has 0 atom stereocenters. The van der Waals surface area contributed by atoms with E-state index in [1.165, 1.54) is 0 Å². The first kappa shape index (κ1) is 13.7. The maximum Gasteiger partial charge on any atom is 0.259 e. The van der Waals surface area contributed by atoms with E-state index in [9.17, 15) is 4.79 Å². The van der Waals surface area contributed by atoms with Gasteiger partial charge in [0.25, 0.3) is 5.91 Å². The number of aryl methyl sites for hydroxylation is 1. The van der Waals surface area contributed by atoms with E-state index in [4.69, 9.17) is 5.11 Å². The molecule has 5 heteroatoms. The summed E-state index contributed by atoms with van der Waals surface area (Å²) < 4.78 is 0. The number of carbonyl (C=O) groups excluding carboxylic acids is 1. The molecule has 2 N–H and O–H groups in total. The number of hydrogen-bond donors (Lipinski definition) is 2. The van der Waals surface area contributed by atoms with Crippen LogP contribution in [0.3, 0.4) is 0 Å². The second-order valence-electron chi connectivity index (χ2n) is 4.04. The van der Waals surface area contributed by atoms with Gasteiger partial charge >= 0.3 is 0 Å². The zero-order valence-electron chi connectivity index (χ0n) is 10.9. The topological polar surface area (TPSA) is 75.1 Å². The molecular formula is C15H13N3O2. The van der Waals surface area contributed by atoms with Crippen molar-refractivity contribution in [3.05, 3.63) is 53.3 Å². The SMILES string of the molecule is Cc1ccc(C#CCO)c(C(=O)Nc2ncccn2)c1. The molecule has 5 nitrogen and oxygen atoms in total. The molecule has 0 unspecified atom stereocenters. The van der Waals surface area contributed by atoms with E-state index in [2.05, 4.69) is 27.1 Å². The van der Waals surface area contributed by atoms with Gasteiger partial charge in [0.2, 0.25) is 5.95 Å². The first-order valence-electron chi connectivity index (χ1n) is 5.99. The molecule has 20 heavy (non-hydrogen) atoms. The van der Waals surface area contributed by atoms with Gasteiger partial charge in [-0.15, -0.1) is 0 Å². The first-order valence-corrected chi connectivity index (χ1v) is 5.99. The summed E-state index contributed by atoms with van der Waals surface area (Å²) in [7, 11) is 0. The van der Waals surface area contributed by atoms with Crippen LogP contribution in [0.15, 0.2) is 36.7 Å². The largest absolute Gasteiger partial charge is 0.384 e. The van der Waals surface area contributed by atoms with Crippen molar-refractivity contribution >= 4 is 11.9 Å². The summed E-state index contributed by atoms with van der Waals surface area (Å²) in [5.74, 6) is 5.20. The molecule has 0 aliphatic carbocycles. The molecule has 2 rings (SSSR count). The second kappa shape index (κ2) is 6.45. The van der Waals surface area contributed by atoms with Crippen molar-refractivity contribution in [3.63, 3.8) is 0 Å². The molecule has 1 aromatic carbocycles. The minimum absolute atomic E-state index is 0.236. The predicted molar refractivity (Wildman–Crippen MR) is 75.1 cm³/mol. The summed E-state index contributed by atoms with van der Waals surface area (Å²) in [6.45, 7) is 1.63. The molecule has 0 saturated heterocycles. The standard InChI is InChI=1S/C15H13N3O2/c1-11-5-6-12(4-2-9-19)13(10-11)14(20)18-15-16-7-3-8-17-15/h3,5-8,10,19H,9H2,1H3,(H,16,17,18,20). The van der Waals surface area contributed by atoms with E-state index in [-0.39, 0.29) is 18.5 Å². The Morgan fingerprint density at radius 1 is 1.35 bits per heavy atom. The van der Waals surface area contributed by atoms with Crippen molar-refractivity contribution in [1.29, 1.82) is 0 Å². The van der Waals surface area contributed by atoms with Gasteiger partial charge in [-0.2, -0.15) is 0 Å². The van der Waals surface area contributed by atoms with E-state index < -0.39 is 0 Å². The quantitative estimate of drug-likeness (QED) is 0.806. The van der Waals surface area contributed by atoms with E-state index in [0.717, 1.165) is 5.56 Å². The number of rotatable bonds is 2. The van der Waals surface area contributed by atoms with Gasteiger partial charge in [-0.05, 0) is 25.1 Å². The van der Waals surface area contributed by atoms with Crippen LogP contribution >= 0.6 is 0 Å². The molecule has 100 valence electrons. The van der Waals surface area contributed by atoms with E-state index >= 15 is 0 Å². The zero-order valence-corrected chi connectivity index (χ0v) is 10.9. The number of aliphatic hydroxyl groups excluding tert-OH is 1. The van der Waals surface area contributed by atoms with Crippen molar-refractivity contribution in [3.8, 4) is 11.8 Å². The summed E-state index contributed by atoms with van der Waals surface area (Å²) in [5.41, 5.74) is 1.93. The van der Waals surface area contributed by atoms with Gasteiger partial charge in [-0.1, -0.05) is 23.5 Å². The fraction of sp³-hybridized carbons (Fsp3) is 0.133. The van der Waals surface area contributed by atoms with Gasteiger partial charge in [0.15, 0.2) is 0 Å². The number of nitrogens with one attached hydrogen (secondary N) is 1. The number of aromatic nitrogens is 2. The van der Waals surface area contributed by atoms with Gasteiger partial charge in [-0.25, -0.2) is 9.97 Å². The Kier molecular flexibility index (Phi) is 4.43. The van der Waals surface area contributed by atoms with Gasteiger partial charge in [0, 0.05) is 18.0 Å². The molecule has 2 aromatic rings. The fourth-order valence-electron chi connectivity index (χ4n) is 1.62. The molecular weight excluding hydrogens is 254 g/mol. The number of aliphatic hydroxyl groups is 1. The molecule has 0 saturated carbocycles. The summed E-state index contributed by atoms with van der Waals surface area (Å²) in [4.78, 5) is 20.1. The molecule has 0 spiro atoms. The lowest BCUT2D eigenvalue weighted by Gasteiger charge is -2.06. The molecule has 0 aliphatic rings. The van der Waals surface area contributed by atoms with Crippen LogP contribution in [0, 0.1) is 18.8 Å². The summed E-state index contributed by atoms with van der Waals surface area (Å²) in [5, 5.41) is 11.4. The molecule has 0 aliphatic heterocycles. The Hall–Kier alpha value is -2.71. The predicted octanol–water partition coefficient (Wildman–Crippen LogP) is 1.38. The van der Waals surface area contributed by atoms with Crippen molar-refractivity contribution in [1.82, 2.24) is 9.97 Å². The summed E-state index contributed by atoms with van der Waals surface area (Å²) in [6, 6.07) is 7.01. The third-order valence-electron chi connectivity index (χ3n) is 2.51. The highest BCUT2D eigenvalue weighted by Gasteiger charge is 2.11. The van der Waals surface area contributed by atoms with E-state index in [0.29, 0.717) is 11.1 Å². The van der Waals surface area contributed by atoms with E-state index in [1.54, 1.807) is 30.6 Å². The highest BCUT2D eigenvalue weighted by Crippen LogP contribution is 2.12. The van der Waals surface area contributed by atoms with Crippen LogP contribution in [0.2, 0.25) is 0 Å². The number of benzene rings is 1. The van der Waals surface area contributed by atoms with Crippen molar-refractivity contribution in [2.75, 3.05) is 11.9 Å². The third-order valence-corrected chi connectivity index (χ3v) is 2.51. The highest BCUT2D eigenvalue weighted by atomic mass is 16.2. The van der Waals surface area contributed by atoms with Crippen LogP contribution in [0.1, 0.15) is 21.5 Å². The number of hydrogen-bond acceptors (Lipinski definition) is 4. The molecule has 1 heterocycles. The average Bonchev–Trinajstić information content (AvgIpc) is 2.47. The van der Waals surface area contributed by atoms with Crippen LogP contribution in [0.25, 0.3) is 0 Å². The number of carbonyl (C=O) groups is 1. The van der Waals surface area contributed by atoms with Crippen molar-refractivity contribution in [2.24, 2.45) is 0 Å². The molecule has 1 amide bonds. The maximum atomic E-state index is 12.2. The summed E-state index contributed by atoms with van der Waals surface area (Å²) in [6.07, 6.45) is 3.09. The second-order valence-corrected chi connectivity index (χ2v) is 4.04. The van der Waals surface area contributed by atoms with Crippen LogP contribution in [-0.2, 0) is 0 Å². The zero-order chi connectivity index (χ0) is 14.4. The third kappa shape index (κ3) is 3.40. The van der Waals surface area contributed by atoms with Crippen LogP contribution < -0.4 is 5.32 Å². The highest BCUT2D eigenvalue weighted by molar-refractivity contribution is 6.05. The van der Waals surface area contributed by atoms with Gasteiger partial charge in [0.05, 0.1) is 5.56 Å². The van der Waals surface area contributed by atoms with Crippen molar-refractivity contribution < 1.29 is 9.90 Å². The molecule has 1 aromatic heterocycles. The Labute approximate surface area is 116 Å². The lowest BCUT2D eigenvalue weighted by molar-refractivity contribution is 0.102. The molecule has 0 radical (unpaired) electrons. The van der Waals surface area contributed by atoms with E-state index in [1.807, 2.05) is 13.0 Å². The number of anilines is 1. The first-order chi connectivity index (χ1) is 9.70.